The predicted octanol–water partition coefficient (Wildman–Crippen LogP) is 0.377. The maximum atomic E-state index is 11.1. The summed E-state index contributed by atoms with van der Waals surface area (Å²) in [6, 6.07) is 4.31. The van der Waals surface area contributed by atoms with Gasteiger partial charge in [0.25, 0.3) is 0 Å². The normalized spacial score (nSPS) is 12.2. The van der Waals surface area contributed by atoms with E-state index in [-0.39, 0.29) is 0 Å². The molecule has 0 spiro atoms. The first-order valence-electron chi connectivity index (χ1n) is 4.29. The van der Waals surface area contributed by atoms with Crippen LogP contribution in [0.1, 0.15) is 10.4 Å². The van der Waals surface area contributed by atoms with Crippen LogP contribution >= 0.6 is 15.5 Å². The molecule has 100 valence electrons. The predicted molar refractivity (Wildman–Crippen MR) is 60.0 cm³/mol. The highest BCUT2D eigenvalue weighted by atomic mass is 31.3. The summed E-state index contributed by atoms with van der Waals surface area (Å²) in [6.07, 6.45) is 0. The van der Waals surface area contributed by atoms with Crippen molar-refractivity contribution in [3.8, 4) is 0 Å². The lowest BCUT2D eigenvalue weighted by Gasteiger charge is -2.26. The number of hydrogen-bond acceptors (Lipinski definition) is 3. The summed E-state index contributed by atoms with van der Waals surface area (Å²) in [5.41, 5.74) is -1.39. The zero-order valence-corrected chi connectivity index (χ0v) is 10.4. The SMILES string of the molecule is O=C(O)c1ccccc1N(P(=O)(O)O)P(=O)(O)O. The van der Waals surface area contributed by atoms with Crippen LogP contribution in [0.4, 0.5) is 5.69 Å². The zero-order chi connectivity index (χ0) is 14.1. The third-order valence-electron chi connectivity index (χ3n) is 1.84. The number of carboxylic acids is 1. The minimum absolute atomic E-state index is 0.510. The van der Waals surface area contributed by atoms with Gasteiger partial charge in [0, 0.05) is 0 Å². The van der Waals surface area contributed by atoms with E-state index in [2.05, 4.69) is 0 Å². The molecule has 1 aromatic carbocycles. The first kappa shape index (κ1) is 14.8. The minimum Gasteiger partial charge on any atom is -0.478 e. The van der Waals surface area contributed by atoms with Crippen LogP contribution in [-0.2, 0) is 9.13 Å². The van der Waals surface area contributed by atoms with Crippen LogP contribution in [0.15, 0.2) is 24.3 Å². The second-order valence-corrected chi connectivity index (χ2v) is 6.31. The quantitative estimate of drug-likeness (QED) is 0.495. The van der Waals surface area contributed by atoms with Gasteiger partial charge in [-0.3, -0.25) is 0 Å². The molecule has 0 aromatic heterocycles. The number of hydrogen-bond donors (Lipinski definition) is 5. The van der Waals surface area contributed by atoms with E-state index in [0.29, 0.717) is 0 Å². The molecule has 0 unspecified atom stereocenters. The topological polar surface area (TPSA) is 156 Å². The van der Waals surface area contributed by atoms with E-state index in [9.17, 15) is 13.9 Å². The van der Waals surface area contributed by atoms with Crippen LogP contribution in [0.25, 0.3) is 0 Å². The molecule has 0 radical (unpaired) electrons. The molecular weight excluding hydrogens is 288 g/mol. The summed E-state index contributed by atoms with van der Waals surface area (Å²) < 4.78 is 21.7. The Labute approximate surface area is 101 Å². The van der Waals surface area contributed by atoms with Crippen molar-refractivity contribution in [3.05, 3.63) is 29.8 Å². The van der Waals surface area contributed by atoms with Crippen molar-refractivity contribution in [2.75, 3.05) is 4.44 Å². The number of nitrogens with zero attached hydrogens (tertiary/aromatic N) is 1. The molecule has 0 aliphatic heterocycles. The van der Waals surface area contributed by atoms with Crippen LogP contribution in [0, 0.1) is 0 Å². The summed E-state index contributed by atoms with van der Waals surface area (Å²) in [6.45, 7) is 0. The van der Waals surface area contributed by atoms with Gasteiger partial charge in [-0.2, -0.15) is 4.44 Å². The Bertz CT molecular complexity index is 538. The maximum Gasteiger partial charge on any atom is 0.439 e. The van der Waals surface area contributed by atoms with E-state index in [0.717, 1.165) is 12.1 Å². The largest absolute Gasteiger partial charge is 0.478 e. The van der Waals surface area contributed by atoms with Crippen LogP contribution < -0.4 is 4.44 Å². The van der Waals surface area contributed by atoms with Gasteiger partial charge in [0.1, 0.15) is 0 Å². The Balaban J connectivity index is 3.55. The van der Waals surface area contributed by atoms with Gasteiger partial charge in [-0.15, -0.1) is 0 Å². The highest BCUT2D eigenvalue weighted by molar-refractivity contribution is 7.72. The van der Waals surface area contributed by atoms with Gasteiger partial charge < -0.3 is 24.7 Å². The van der Waals surface area contributed by atoms with Gasteiger partial charge in [0.15, 0.2) is 0 Å². The fourth-order valence-corrected chi connectivity index (χ4v) is 3.39. The number of anilines is 1. The maximum absolute atomic E-state index is 11.1. The van der Waals surface area contributed by atoms with Crippen molar-refractivity contribution >= 4 is 27.1 Å². The molecule has 0 fully saturated rings. The van der Waals surface area contributed by atoms with Gasteiger partial charge in [-0.05, 0) is 12.1 Å². The lowest BCUT2D eigenvalue weighted by Crippen LogP contribution is -2.18. The van der Waals surface area contributed by atoms with Crippen LogP contribution in [0.2, 0.25) is 0 Å². The Morgan fingerprint density at radius 3 is 1.83 bits per heavy atom. The number of carboxylic acid groups (broad SMARTS) is 1. The molecular formula is C7H9NO8P2. The van der Waals surface area contributed by atoms with Crippen molar-refractivity contribution in [1.29, 1.82) is 0 Å². The summed E-state index contributed by atoms with van der Waals surface area (Å²) in [7, 11) is -10.8. The Morgan fingerprint density at radius 2 is 1.44 bits per heavy atom. The van der Waals surface area contributed by atoms with E-state index < -0.39 is 37.2 Å². The van der Waals surface area contributed by atoms with E-state index in [1.165, 1.54) is 12.1 Å². The third kappa shape index (κ3) is 3.17. The molecule has 11 heteroatoms. The minimum atomic E-state index is -5.38. The molecule has 0 aliphatic rings. The molecule has 0 atom stereocenters. The van der Waals surface area contributed by atoms with Crippen molar-refractivity contribution < 1.29 is 38.6 Å². The third-order valence-corrected chi connectivity index (χ3v) is 4.66. The summed E-state index contributed by atoms with van der Waals surface area (Å²) in [4.78, 5) is 46.5. The number of rotatable bonds is 4. The number of benzene rings is 1. The standard InChI is InChI=1S/C7H9NO8P2/c9-7(10)5-3-1-2-4-6(5)8(17(11,12)13)18(14,15)16/h1-4H,(H,9,10)(H2,11,12,13)(H2,14,15,16). The van der Waals surface area contributed by atoms with Crippen LogP contribution in [0.5, 0.6) is 0 Å². The van der Waals surface area contributed by atoms with Gasteiger partial charge in [0.2, 0.25) is 0 Å². The van der Waals surface area contributed by atoms with Crippen molar-refractivity contribution in [1.82, 2.24) is 0 Å². The Morgan fingerprint density at radius 1 is 1.00 bits per heavy atom. The molecule has 0 aliphatic carbocycles. The number of aromatic carboxylic acids is 1. The molecule has 0 amide bonds. The molecule has 0 saturated heterocycles. The molecule has 9 nitrogen and oxygen atoms in total. The highest BCUT2D eigenvalue weighted by Crippen LogP contribution is 2.60. The lowest BCUT2D eigenvalue weighted by molar-refractivity contribution is 0.0698. The lowest BCUT2D eigenvalue weighted by atomic mass is 10.2. The Hall–Kier alpha value is -1.21. The van der Waals surface area contributed by atoms with E-state index in [1.807, 2.05) is 0 Å². The van der Waals surface area contributed by atoms with E-state index >= 15 is 0 Å². The second-order valence-electron chi connectivity index (χ2n) is 3.14. The zero-order valence-electron chi connectivity index (χ0n) is 8.61. The highest BCUT2D eigenvalue weighted by Gasteiger charge is 2.41. The Kier molecular flexibility index (Phi) is 3.97. The van der Waals surface area contributed by atoms with Gasteiger partial charge in [-0.1, -0.05) is 12.1 Å². The van der Waals surface area contributed by atoms with Crippen molar-refractivity contribution in [3.63, 3.8) is 0 Å². The number of para-hydroxylation sites is 1. The van der Waals surface area contributed by atoms with Crippen LogP contribution in [0.3, 0.4) is 0 Å². The summed E-state index contributed by atoms with van der Waals surface area (Å²) in [5.74, 6) is -1.57. The van der Waals surface area contributed by atoms with E-state index in [4.69, 9.17) is 24.7 Å². The summed E-state index contributed by atoms with van der Waals surface area (Å²) >= 11 is 0. The smallest absolute Gasteiger partial charge is 0.439 e. The molecule has 1 aromatic rings. The first-order valence-corrected chi connectivity index (χ1v) is 7.42. The molecule has 5 N–H and O–H groups in total. The monoisotopic (exact) mass is 297 g/mol. The molecule has 0 heterocycles. The fraction of sp³-hybridized carbons (Fsp3) is 0. The van der Waals surface area contributed by atoms with Crippen molar-refractivity contribution in [2.45, 2.75) is 0 Å². The van der Waals surface area contributed by atoms with E-state index in [1.54, 1.807) is 0 Å². The fourth-order valence-electron chi connectivity index (χ4n) is 1.26. The molecule has 18 heavy (non-hydrogen) atoms. The first-order chi connectivity index (χ1) is 8.05. The van der Waals surface area contributed by atoms with Gasteiger partial charge >= 0.3 is 21.5 Å². The van der Waals surface area contributed by atoms with Gasteiger partial charge in [-0.25, -0.2) is 13.9 Å². The molecule has 1 rings (SSSR count). The summed E-state index contributed by atoms with van der Waals surface area (Å²) in [5, 5.41) is 8.81. The second kappa shape index (κ2) is 4.81. The van der Waals surface area contributed by atoms with Gasteiger partial charge in [0.05, 0.1) is 11.3 Å². The average Bonchev–Trinajstić information content (AvgIpc) is 2.13. The van der Waals surface area contributed by atoms with Crippen LogP contribution in [-0.4, -0.2) is 30.6 Å². The van der Waals surface area contributed by atoms with Crippen molar-refractivity contribution in [2.24, 2.45) is 0 Å². The number of carbonyl (C=O) groups is 1. The molecule has 0 saturated carbocycles. The average molecular weight is 297 g/mol. The molecule has 0 bridgehead atoms.